The predicted molar refractivity (Wildman–Crippen MR) is 82.4 cm³/mol. The molecule has 1 heterocycles. The van der Waals surface area contributed by atoms with Gasteiger partial charge in [-0.25, -0.2) is 0 Å². The molecule has 1 fully saturated rings. The number of hydrogen-bond acceptors (Lipinski definition) is 3. The summed E-state index contributed by atoms with van der Waals surface area (Å²) in [7, 11) is 0. The molecule has 0 aromatic heterocycles. The van der Waals surface area contributed by atoms with E-state index in [-0.39, 0.29) is 12.4 Å². The predicted octanol–water partition coefficient (Wildman–Crippen LogP) is 2.81. The highest BCUT2D eigenvalue weighted by molar-refractivity contribution is 6.30. The monoisotopic (exact) mass is 304 g/mol. The minimum absolute atomic E-state index is 0. The number of halogens is 2. The average molecular weight is 305 g/mol. The summed E-state index contributed by atoms with van der Waals surface area (Å²) in [5.41, 5.74) is 5.72. The fraction of sp³-hybridized carbons (Fsp3) is 0.571. The molecule has 2 atom stereocenters. The van der Waals surface area contributed by atoms with Gasteiger partial charge in [0.15, 0.2) is 0 Å². The number of rotatable bonds is 5. The lowest BCUT2D eigenvalue weighted by Crippen LogP contribution is -2.32. The van der Waals surface area contributed by atoms with Gasteiger partial charge in [-0.1, -0.05) is 11.6 Å². The summed E-state index contributed by atoms with van der Waals surface area (Å²) < 4.78 is 5.71. The zero-order chi connectivity index (χ0) is 13.0. The average Bonchev–Trinajstić information content (AvgIpc) is 2.73. The third-order valence-electron chi connectivity index (χ3n) is 3.58. The van der Waals surface area contributed by atoms with Gasteiger partial charge in [0.25, 0.3) is 0 Å². The second kappa shape index (κ2) is 7.95. The Kier molecular flexibility index (Phi) is 6.94. The van der Waals surface area contributed by atoms with Crippen molar-refractivity contribution in [3.8, 4) is 5.75 Å². The van der Waals surface area contributed by atoms with Crippen LogP contribution >= 0.6 is 24.0 Å². The van der Waals surface area contributed by atoms with Gasteiger partial charge in [-0.2, -0.15) is 0 Å². The molecule has 0 bridgehead atoms. The summed E-state index contributed by atoms with van der Waals surface area (Å²) in [6.45, 7) is 5.82. The van der Waals surface area contributed by atoms with Crippen molar-refractivity contribution < 1.29 is 4.74 Å². The van der Waals surface area contributed by atoms with Crippen LogP contribution < -0.4 is 10.5 Å². The van der Waals surface area contributed by atoms with E-state index in [1.54, 1.807) is 0 Å². The molecular weight excluding hydrogens is 283 g/mol. The summed E-state index contributed by atoms with van der Waals surface area (Å²) >= 11 is 5.82. The third kappa shape index (κ3) is 4.84. The molecule has 1 aromatic rings. The molecule has 1 saturated heterocycles. The summed E-state index contributed by atoms with van der Waals surface area (Å²) in [4.78, 5) is 2.45. The maximum absolute atomic E-state index is 5.82. The van der Waals surface area contributed by atoms with Crippen molar-refractivity contribution in [1.82, 2.24) is 4.90 Å². The number of benzene rings is 1. The number of hydrogen-bond donors (Lipinski definition) is 1. The van der Waals surface area contributed by atoms with Gasteiger partial charge in [0, 0.05) is 24.2 Å². The van der Waals surface area contributed by atoms with Crippen LogP contribution in [0.1, 0.15) is 13.3 Å². The van der Waals surface area contributed by atoms with Crippen LogP contribution in [0.5, 0.6) is 5.75 Å². The molecule has 1 aliphatic rings. The van der Waals surface area contributed by atoms with Crippen LogP contribution in [0.2, 0.25) is 5.02 Å². The van der Waals surface area contributed by atoms with E-state index in [9.17, 15) is 0 Å². The van der Waals surface area contributed by atoms with Gasteiger partial charge < -0.3 is 10.5 Å². The maximum Gasteiger partial charge on any atom is 0.119 e. The molecule has 1 aliphatic heterocycles. The van der Waals surface area contributed by atoms with Gasteiger partial charge >= 0.3 is 0 Å². The Hall–Kier alpha value is -0.480. The number of ether oxygens (including phenoxy) is 1. The Bertz CT molecular complexity index is 372. The molecular formula is C14H22Cl2N2O. The minimum atomic E-state index is 0. The van der Waals surface area contributed by atoms with Crippen LogP contribution in [0, 0.1) is 5.92 Å². The van der Waals surface area contributed by atoms with Gasteiger partial charge in [0.1, 0.15) is 12.4 Å². The molecule has 2 rings (SSSR count). The lowest BCUT2D eigenvalue weighted by atomic mass is 10.1. The van der Waals surface area contributed by atoms with Crippen molar-refractivity contribution in [2.24, 2.45) is 11.7 Å². The minimum Gasteiger partial charge on any atom is -0.492 e. The topological polar surface area (TPSA) is 38.5 Å². The van der Waals surface area contributed by atoms with Gasteiger partial charge in [-0.3, -0.25) is 4.90 Å². The molecule has 0 radical (unpaired) electrons. The van der Waals surface area contributed by atoms with E-state index in [0.29, 0.717) is 18.6 Å². The molecule has 2 N–H and O–H groups in total. The highest BCUT2D eigenvalue weighted by atomic mass is 35.5. The van der Waals surface area contributed by atoms with Gasteiger partial charge in [0.05, 0.1) is 0 Å². The SMILES string of the molecule is CC1CC(CN)CN1CCOc1ccc(Cl)cc1.Cl. The lowest BCUT2D eigenvalue weighted by molar-refractivity contribution is 0.202. The maximum atomic E-state index is 5.82. The number of likely N-dealkylation sites (tertiary alicyclic amines) is 1. The summed E-state index contributed by atoms with van der Waals surface area (Å²) in [6.07, 6.45) is 1.21. The van der Waals surface area contributed by atoms with E-state index in [1.165, 1.54) is 6.42 Å². The molecule has 0 aliphatic carbocycles. The molecule has 3 nitrogen and oxygen atoms in total. The highest BCUT2D eigenvalue weighted by Gasteiger charge is 2.27. The van der Waals surface area contributed by atoms with Crippen LogP contribution in [0.4, 0.5) is 0 Å². The number of nitrogens with two attached hydrogens (primary N) is 1. The van der Waals surface area contributed by atoms with Crippen molar-refractivity contribution in [2.45, 2.75) is 19.4 Å². The summed E-state index contributed by atoms with van der Waals surface area (Å²) in [6, 6.07) is 8.11. The van der Waals surface area contributed by atoms with Crippen molar-refractivity contribution >= 4 is 24.0 Å². The van der Waals surface area contributed by atoms with Crippen LogP contribution in [0.3, 0.4) is 0 Å². The Morgan fingerprint density at radius 1 is 1.37 bits per heavy atom. The molecule has 0 saturated carbocycles. The largest absolute Gasteiger partial charge is 0.492 e. The molecule has 2 unspecified atom stereocenters. The summed E-state index contributed by atoms with van der Waals surface area (Å²) in [5.74, 6) is 1.53. The normalized spacial score (nSPS) is 23.1. The van der Waals surface area contributed by atoms with E-state index in [1.807, 2.05) is 24.3 Å². The molecule has 0 amide bonds. The standard InChI is InChI=1S/C14H21ClN2O.ClH/c1-11-8-12(9-16)10-17(11)6-7-18-14-4-2-13(15)3-5-14;/h2-5,11-12H,6-10,16H2,1H3;1H. The second-order valence-corrected chi connectivity index (χ2v) is 5.42. The van der Waals surface area contributed by atoms with Crippen molar-refractivity contribution in [3.63, 3.8) is 0 Å². The van der Waals surface area contributed by atoms with Crippen molar-refractivity contribution in [2.75, 3.05) is 26.2 Å². The summed E-state index contributed by atoms with van der Waals surface area (Å²) in [5, 5.41) is 0.737. The first-order valence-electron chi connectivity index (χ1n) is 6.51. The first-order chi connectivity index (χ1) is 8.69. The van der Waals surface area contributed by atoms with Gasteiger partial charge in [-0.15, -0.1) is 12.4 Å². The van der Waals surface area contributed by atoms with Crippen LogP contribution in [-0.4, -0.2) is 37.2 Å². The molecule has 5 heteroatoms. The van der Waals surface area contributed by atoms with E-state index in [2.05, 4.69) is 11.8 Å². The van der Waals surface area contributed by atoms with E-state index < -0.39 is 0 Å². The van der Waals surface area contributed by atoms with Crippen LogP contribution in [0.25, 0.3) is 0 Å². The van der Waals surface area contributed by atoms with Crippen LogP contribution in [-0.2, 0) is 0 Å². The van der Waals surface area contributed by atoms with Crippen LogP contribution in [0.15, 0.2) is 24.3 Å². The number of nitrogens with zero attached hydrogens (tertiary/aromatic N) is 1. The first-order valence-corrected chi connectivity index (χ1v) is 6.89. The quantitative estimate of drug-likeness (QED) is 0.909. The zero-order valence-corrected chi connectivity index (χ0v) is 12.8. The van der Waals surface area contributed by atoms with E-state index in [4.69, 9.17) is 22.1 Å². The van der Waals surface area contributed by atoms with Gasteiger partial charge in [-0.05, 0) is 50.1 Å². The fourth-order valence-electron chi connectivity index (χ4n) is 2.51. The Labute approximate surface area is 126 Å². The first kappa shape index (κ1) is 16.6. The van der Waals surface area contributed by atoms with Crippen molar-refractivity contribution in [1.29, 1.82) is 0 Å². The van der Waals surface area contributed by atoms with Gasteiger partial charge in [0.2, 0.25) is 0 Å². The zero-order valence-electron chi connectivity index (χ0n) is 11.2. The smallest absolute Gasteiger partial charge is 0.119 e. The van der Waals surface area contributed by atoms with E-state index in [0.717, 1.165) is 30.4 Å². The molecule has 108 valence electrons. The van der Waals surface area contributed by atoms with Crippen molar-refractivity contribution in [3.05, 3.63) is 29.3 Å². The highest BCUT2D eigenvalue weighted by Crippen LogP contribution is 2.21. The Morgan fingerprint density at radius 2 is 2.05 bits per heavy atom. The van der Waals surface area contributed by atoms with E-state index >= 15 is 0 Å². The lowest BCUT2D eigenvalue weighted by Gasteiger charge is -2.20. The Balaban J connectivity index is 0.00000180. The third-order valence-corrected chi connectivity index (χ3v) is 3.84. The molecule has 0 spiro atoms. The second-order valence-electron chi connectivity index (χ2n) is 4.98. The fourth-order valence-corrected chi connectivity index (χ4v) is 2.64. The molecule has 19 heavy (non-hydrogen) atoms. The molecule has 1 aromatic carbocycles. The Morgan fingerprint density at radius 3 is 2.63 bits per heavy atom.